The third-order valence-electron chi connectivity index (χ3n) is 13.6. The molecule has 0 aliphatic carbocycles. The number of para-hydroxylation sites is 1. The highest BCUT2D eigenvalue weighted by Gasteiger charge is 2.45. The molecule has 6 aliphatic rings. The van der Waals surface area contributed by atoms with E-state index in [1.54, 1.807) is 24.3 Å². The topological polar surface area (TPSA) is 195 Å². The lowest BCUT2D eigenvalue weighted by Crippen LogP contribution is -2.54. The van der Waals surface area contributed by atoms with Crippen molar-refractivity contribution in [3.8, 4) is 22.8 Å². The molecule has 0 radical (unpaired) electrons. The Morgan fingerprint density at radius 1 is 0.726 bits per heavy atom. The van der Waals surface area contributed by atoms with Crippen molar-refractivity contribution in [1.29, 1.82) is 0 Å². The Bertz CT molecular complexity index is 2450. The van der Waals surface area contributed by atoms with Crippen molar-refractivity contribution in [2.75, 3.05) is 59.7 Å². The Hall–Kier alpha value is -6.71. The fourth-order valence-electron chi connectivity index (χ4n) is 10.4. The van der Waals surface area contributed by atoms with Crippen LogP contribution in [0.1, 0.15) is 72.1 Å². The second kappa shape index (κ2) is 16.0. The van der Waals surface area contributed by atoms with Crippen molar-refractivity contribution in [1.82, 2.24) is 25.3 Å². The first-order valence-corrected chi connectivity index (χ1v) is 21.7. The third kappa shape index (κ3) is 7.20. The quantitative estimate of drug-likeness (QED) is 0.216. The zero-order chi connectivity index (χ0) is 42.6. The number of piperidine rings is 3. The molecule has 4 N–H and O–H groups in total. The number of piperazine rings is 1. The van der Waals surface area contributed by atoms with Crippen LogP contribution < -0.4 is 30.5 Å². The van der Waals surface area contributed by atoms with E-state index in [1.165, 1.54) is 0 Å². The van der Waals surface area contributed by atoms with E-state index in [0.29, 0.717) is 56.1 Å². The van der Waals surface area contributed by atoms with Gasteiger partial charge in [0.1, 0.15) is 23.6 Å². The van der Waals surface area contributed by atoms with Crippen molar-refractivity contribution in [2.45, 2.75) is 75.6 Å². The summed E-state index contributed by atoms with van der Waals surface area (Å²) in [5.41, 5.74) is 10.8. The highest BCUT2D eigenvalue weighted by molar-refractivity contribution is 6.23. The van der Waals surface area contributed by atoms with Crippen LogP contribution in [0.4, 0.5) is 22.9 Å². The van der Waals surface area contributed by atoms with E-state index < -0.39 is 29.7 Å². The lowest BCUT2D eigenvalue weighted by atomic mass is 9.93. The lowest BCUT2D eigenvalue weighted by Gasteiger charge is -2.43. The van der Waals surface area contributed by atoms with Crippen LogP contribution in [-0.2, 0) is 14.4 Å². The summed E-state index contributed by atoms with van der Waals surface area (Å²) in [7, 11) is 0. The minimum absolute atomic E-state index is 0.00504. The molecular weight excluding hydrogens is 791 g/mol. The molecule has 5 saturated heterocycles. The minimum atomic E-state index is -1.01. The number of aromatic nitrogens is 2. The second-order valence-electron chi connectivity index (χ2n) is 17.3. The number of hydrogen-bond acceptors (Lipinski definition) is 13. The number of nitrogen functional groups attached to an aromatic ring is 1. The molecule has 1 aromatic heterocycles. The van der Waals surface area contributed by atoms with Crippen molar-refractivity contribution in [2.24, 2.45) is 5.92 Å². The number of carbonyl (C=O) groups is 5. The average molecular weight is 840 g/mol. The number of imide groups is 2. The fraction of sp³-hybridized carbons (Fsp3) is 0.413. The number of nitrogens with two attached hydrogens (primary N) is 1. The number of carbonyl (C=O) groups excluding carboxylic acids is 5. The van der Waals surface area contributed by atoms with E-state index in [2.05, 4.69) is 48.4 Å². The van der Waals surface area contributed by atoms with Crippen LogP contribution in [0.5, 0.6) is 11.5 Å². The number of anilines is 4. The minimum Gasteiger partial charge on any atom is -0.507 e. The van der Waals surface area contributed by atoms with Crippen LogP contribution in [0.25, 0.3) is 11.3 Å². The first-order chi connectivity index (χ1) is 30.1. The molecule has 5 fully saturated rings. The molecule has 4 aromatic rings. The highest BCUT2D eigenvalue weighted by Crippen LogP contribution is 2.40. The van der Waals surface area contributed by atoms with Gasteiger partial charge in [0.2, 0.25) is 17.7 Å². The number of aromatic hydroxyl groups is 1. The molecule has 62 heavy (non-hydrogen) atoms. The molecular formula is C46H49N9O7. The number of fused-ring (bicyclic) bond motifs is 3. The molecule has 5 amide bonds. The summed E-state index contributed by atoms with van der Waals surface area (Å²) in [4.78, 5) is 74.3. The number of nitrogens with zero attached hydrogens (tertiary/aromatic N) is 7. The zero-order valence-electron chi connectivity index (χ0n) is 34.3. The number of benzene rings is 3. The SMILES string of the molecule is Nc1nnc(-c2ccccc2O)cc1N1CC2CCC(C1)N2c1cccc(OC2CCN(C(=O)C3CCN(c4ccc5c(c4)C(=O)N(C4CCC(=O)NC4=O)C5=O)CC3)CC2)c1. The monoisotopic (exact) mass is 839 g/mol. The Balaban J connectivity index is 0.713. The van der Waals surface area contributed by atoms with Gasteiger partial charge in [-0.3, -0.25) is 34.2 Å². The number of rotatable bonds is 8. The predicted octanol–water partition coefficient (Wildman–Crippen LogP) is 3.98. The van der Waals surface area contributed by atoms with Crippen LogP contribution in [-0.4, -0.2) is 118 Å². The fourth-order valence-corrected chi connectivity index (χ4v) is 10.4. The maximum Gasteiger partial charge on any atom is 0.262 e. The number of hydrogen-bond donors (Lipinski definition) is 3. The molecule has 2 bridgehead atoms. The van der Waals surface area contributed by atoms with E-state index in [0.717, 1.165) is 66.5 Å². The number of nitrogens with one attached hydrogen (secondary N) is 1. The molecule has 3 atom stereocenters. The van der Waals surface area contributed by atoms with Gasteiger partial charge in [0, 0.05) is 99.5 Å². The van der Waals surface area contributed by atoms with Gasteiger partial charge >= 0.3 is 0 Å². The summed E-state index contributed by atoms with van der Waals surface area (Å²) in [6.07, 6.45) is 5.17. The molecule has 3 aromatic carbocycles. The Kier molecular flexibility index (Phi) is 10.1. The molecule has 3 unspecified atom stereocenters. The molecule has 6 aliphatic heterocycles. The van der Waals surface area contributed by atoms with Gasteiger partial charge in [-0.2, -0.15) is 0 Å². The standard InChI is InChI=1S/C46H49N9O7/c47-42-39(24-37(49-50-42)35-6-1-2-7-40(35)56)53-25-30-8-9-31(26-53)54(30)29-4-3-5-33(22-29)62-32-16-20-52(21-17-32)44(59)27-14-18-51(19-15-27)28-10-11-34-36(23-28)46(61)55(45(34)60)38-12-13-41(57)48-43(38)58/h1-7,10-11,22-24,27,30-32,38,56H,8-9,12-21,25-26H2,(H2,47,50)(H,48,57,58). The van der Waals surface area contributed by atoms with Gasteiger partial charge in [-0.1, -0.05) is 18.2 Å². The van der Waals surface area contributed by atoms with Gasteiger partial charge < -0.3 is 35.2 Å². The maximum absolute atomic E-state index is 13.7. The highest BCUT2D eigenvalue weighted by atomic mass is 16.5. The summed E-state index contributed by atoms with van der Waals surface area (Å²) < 4.78 is 6.57. The zero-order valence-corrected chi connectivity index (χ0v) is 34.3. The first-order valence-electron chi connectivity index (χ1n) is 21.7. The van der Waals surface area contributed by atoms with Crippen molar-refractivity contribution in [3.63, 3.8) is 0 Å². The van der Waals surface area contributed by atoms with Gasteiger partial charge in [-0.05, 0) is 80.6 Å². The van der Waals surface area contributed by atoms with Crippen molar-refractivity contribution in [3.05, 3.63) is 83.9 Å². The Morgan fingerprint density at radius 3 is 2.21 bits per heavy atom. The lowest BCUT2D eigenvalue weighted by molar-refractivity contribution is -0.138. The number of likely N-dealkylation sites (tertiary alicyclic amines) is 1. The second-order valence-corrected chi connectivity index (χ2v) is 17.3. The van der Waals surface area contributed by atoms with Crippen LogP contribution in [0.15, 0.2) is 72.8 Å². The first kappa shape index (κ1) is 39.4. The molecule has 320 valence electrons. The van der Waals surface area contributed by atoms with Crippen LogP contribution in [0, 0.1) is 5.92 Å². The number of ether oxygens (including phenoxy) is 1. The normalized spacial score (nSPS) is 23.2. The number of phenolic OH excluding ortho intramolecular Hbond substituents is 1. The van der Waals surface area contributed by atoms with Crippen molar-refractivity contribution >= 4 is 52.4 Å². The van der Waals surface area contributed by atoms with Gasteiger partial charge in [0.05, 0.1) is 22.5 Å². The number of phenols is 1. The maximum atomic E-state index is 13.7. The van der Waals surface area contributed by atoms with Gasteiger partial charge in [-0.15, -0.1) is 10.2 Å². The summed E-state index contributed by atoms with van der Waals surface area (Å²) in [5, 5.41) is 21.2. The van der Waals surface area contributed by atoms with Crippen LogP contribution in [0.2, 0.25) is 0 Å². The molecule has 16 heteroatoms. The van der Waals surface area contributed by atoms with Gasteiger partial charge in [0.15, 0.2) is 5.82 Å². The summed E-state index contributed by atoms with van der Waals surface area (Å²) in [5.74, 6) is -0.656. The van der Waals surface area contributed by atoms with E-state index in [9.17, 15) is 29.1 Å². The molecule has 0 saturated carbocycles. The van der Waals surface area contributed by atoms with Crippen LogP contribution in [0.3, 0.4) is 0 Å². The van der Waals surface area contributed by atoms with Gasteiger partial charge in [0.25, 0.3) is 11.8 Å². The van der Waals surface area contributed by atoms with Crippen molar-refractivity contribution < 1.29 is 33.8 Å². The third-order valence-corrected chi connectivity index (χ3v) is 13.6. The largest absolute Gasteiger partial charge is 0.507 e. The Morgan fingerprint density at radius 2 is 1.47 bits per heavy atom. The van der Waals surface area contributed by atoms with Gasteiger partial charge in [-0.25, -0.2) is 0 Å². The summed E-state index contributed by atoms with van der Waals surface area (Å²) >= 11 is 0. The van der Waals surface area contributed by atoms with E-state index in [4.69, 9.17) is 10.5 Å². The van der Waals surface area contributed by atoms with E-state index >= 15 is 0 Å². The summed E-state index contributed by atoms with van der Waals surface area (Å²) in [6.45, 7) is 4.12. The molecule has 10 rings (SSSR count). The predicted molar refractivity (Wildman–Crippen MR) is 230 cm³/mol. The van der Waals surface area contributed by atoms with E-state index in [-0.39, 0.29) is 59.7 Å². The van der Waals surface area contributed by atoms with E-state index in [1.807, 2.05) is 35.2 Å². The molecule has 16 nitrogen and oxygen atoms in total. The Labute approximate surface area is 358 Å². The molecule has 7 heterocycles. The average Bonchev–Trinajstić information content (AvgIpc) is 3.70. The summed E-state index contributed by atoms with van der Waals surface area (Å²) in [6, 6.07) is 22.1. The number of amides is 5. The van der Waals surface area contributed by atoms with Crippen LogP contribution >= 0.6 is 0 Å². The smallest absolute Gasteiger partial charge is 0.262 e. The molecule has 0 spiro atoms.